The molecule has 1 aliphatic rings. The van der Waals surface area contributed by atoms with Crippen LogP contribution in [0.3, 0.4) is 0 Å². The van der Waals surface area contributed by atoms with Crippen LogP contribution in [0.4, 0.5) is 4.39 Å². The second-order valence-electron chi connectivity index (χ2n) is 3.65. The number of benzene rings is 1. The molecule has 15 heavy (non-hydrogen) atoms. The number of carbonyl (C=O) groups is 1. The SMILES string of the molecule is O=C1C=C(Cc2c(F)cccc2Cl)CC1. The lowest BCUT2D eigenvalue weighted by molar-refractivity contribution is -0.114. The molecule has 0 aliphatic heterocycles. The summed E-state index contributed by atoms with van der Waals surface area (Å²) in [7, 11) is 0. The van der Waals surface area contributed by atoms with Crippen molar-refractivity contribution in [3.8, 4) is 0 Å². The Bertz CT molecular complexity index is 417. The van der Waals surface area contributed by atoms with Gasteiger partial charge >= 0.3 is 0 Å². The standard InChI is InChI=1S/C12H10ClFO/c13-11-2-1-3-12(14)10(11)7-8-4-5-9(15)6-8/h1-3,6H,4-5,7H2. The predicted octanol–water partition coefficient (Wildman–Crippen LogP) is 3.31. The first-order valence-corrected chi connectivity index (χ1v) is 5.20. The fraction of sp³-hybridized carbons (Fsp3) is 0.250. The second kappa shape index (κ2) is 4.15. The first-order chi connectivity index (χ1) is 7.16. The van der Waals surface area contributed by atoms with Gasteiger partial charge in [0.1, 0.15) is 5.82 Å². The van der Waals surface area contributed by atoms with Crippen LogP contribution in [0, 0.1) is 5.82 Å². The Kier molecular flexibility index (Phi) is 2.87. The van der Waals surface area contributed by atoms with Crippen molar-refractivity contribution < 1.29 is 9.18 Å². The van der Waals surface area contributed by atoms with Gasteiger partial charge in [0.15, 0.2) is 5.78 Å². The Morgan fingerprint density at radius 2 is 2.13 bits per heavy atom. The number of rotatable bonds is 2. The Morgan fingerprint density at radius 1 is 1.33 bits per heavy atom. The van der Waals surface area contributed by atoms with E-state index in [4.69, 9.17) is 11.6 Å². The van der Waals surface area contributed by atoms with Crippen LogP contribution in [-0.2, 0) is 11.2 Å². The predicted molar refractivity (Wildman–Crippen MR) is 57.4 cm³/mol. The molecule has 78 valence electrons. The van der Waals surface area contributed by atoms with Gasteiger partial charge in [0, 0.05) is 17.0 Å². The van der Waals surface area contributed by atoms with Gasteiger partial charge < -0.3 is 0 Å². The summed E-state index contributed by atoms with van der Waals surface area (Å²) in [6.07, 6.45) is 3.31. The zero-order valence-corrected chi connectivity index (χ0v) is 8.85. The van der Waals surface area contributed by atoms with Gasteiger partial charge in [0.2, 0.25) is 0 Å². The average Bonchev–Trinajstić information content (AvgIpc) is 2.58. The van der Waals surface area contributed by atoms with Crippen molar-refractivity contribution in [3.63, 3.8) is 0 Å². The van der Waals surface area contributed by atoms with Crippen LogP contribution in [0.1, 0.15) is 18.4 Å². The Hall–Kier alpha value is -1.15. The number of carbonyl (C=O) groups excluding carboxylic acids is 1. The van der Waals surface area contributed by atoms with Crippen molar-refractivity contribution >= 4 is 17.4 Å². The molecule has 2 rings (SSSR count). The molecule has 0 fully saturated rings. The molecule has 1 aliphatic carbocycles. The summed E-state index contributed by atoms with van der Waals surface area (Å²) < 4.78 is 13.4. The van der Waals surface area contributed by atoms with Crippen molar-refractivity contribution in [1.29, 1.82) is 0 Å². The molecule has 1 aromatic carbocycles. The van der Waals surface area contributed by atoms with Gasteiger partial charge in [-0.15, -0.1) is 0 Å². The molecular formula is C12H10ClFO. The molecule has 0 saturated heterocycles. The van der Waals surface area contributed by atoms with Crippen molar-refractivity contribution in [1.82, 2.24) is 0 Å². The Balaban J connectivity index is 2.24. The highest BCUT2D eigenvalue weighted by Gasteiger charge is 2.15. The molecule has 1 nitrogen and oxygen atoms in total. The van der Waals surface area contributed by atoms with E-state index in [0.717, 1.165) is 12.0 Å². The van der Waals surface area contributed by atoms with Gasteiger partial charge in [-0.25, -0.2) is 4.39 Å². The van der Waals surface area contributed by atoms with Crippen molar-refractivity contribution in [2.45, 2.75) is 19.3 Å². The van der Waals surface area contributed by atoms with Crippen molar-refractivity contribution in [2.75, 3.05) is 0 Å². The van der Waals surface area contributed by atoms with Gasteiger partial charge in [-0.05, 0) is 31.1 Å². The van der Waals surface area contributed by atoms with Crippen LogP contribution >= 0.6 is 11.6 Å². The van der Waals surface area contributed by atoms with Gasteiger partial charge in [-0.1, -0.05) is 23.2 Å². The number of allylic oxidation sites excluding steroid dienone is 2. The van der Waals surface area contributed by atoms with E-state index in [-0.39, 0.29) is 11.6 Å². The van der Waals surface area contributed by atoms with Crippen LogP contribution in [0.5, 0.6) is 0 Å². The molecule has 3 heteroatoms. The normalized spacial score (nSPS) is 15.6. The summed E-state index contributed by atoms with van der Waals surface area (Å²) in [4.78, 5) is 11.0. The lowest BCUT2D eigenvalue weighted by Gasteiger charge is -2.05. The average molecular weight is 225 g/mol. The van der Waals surface area contributed by atoms with E-state index >= 15 is 0 Å². The third-order valence-electron chi connectivity index (χ3n) is 2.52. The van der Waals surface area contributed by atoms with E-state index in [2.05, 4.69) is 0 Å². The molecule has 0 amide bonds. The molecule has 0 radical (unpaired) electrons. The minimum atomic E-state index is -0.303. The summed E-state index contributed by atoms with van der Waals surface area (Å²) in [5.74, 6) is -0.180. The van der Waals surface area contributed by atoms with Gasteiger partial charge in [-0.2, -0.15) is 0 Å². The van der Waals surface area contributed by atoms with Gasteiger partial charge in [0.05, 0.1) is 0 Å². The van der Waals surface area contributed by atoms with Gasteiger partial charge in [0.25, 0.3) is 0 Å². The highest BCUT2D eigenvalue weighted by molar-refractivity contribution is 6.31. The number of hydrogen-bond donors (Lipinski definition) is 0. The fourth-order valence-corrected chi connectivity index (χ4v) is 1.95. The van der Waals surface area contributed by atoms with Gasteiger partial charge in [-0.3, -0.25) is 4.79 Å². The maximum absolute atomic E-state index is 13.4. The summed E-state index contributed by atoms with van der Waals surface area (Å²) in [5.41, 5.74) is 1.45. The van der Waals surface area contributed by atoms with Crippen LogP contribution in [0.15, 0.2) is 29.8 Å². The monoisotopic (exact) mass is 224 g/mol. The van der Waals surface area contributed by atoms with E-state index < -0.39 is 0 Å². The van der Waals surface area contributed by atoms with Crippen LogP contribution < -0.4 is 0 Å². The maximum Gasteiger partial charge on any atom is 0.155 e. The topological polar surface area (TPSA) is 17.1 Å². The molecule has 0 N–H and O–H groups in total. The molecular weight excluding hydrogens is 215 g/mol. The molecule has 0 saturated carbocycles. The summed E-state index contributed by atoms with van der Waals surface area (Å²) >= 11 is 5.89. The largest absolute Gasteiger partial charge is 0.295 e. The Labute approximate surface area is 92.6 Å². The van der Waals surface area contributed by atoms with Crippen molar-refractivity contribution in [2.24, 2.45) is 0 Å². The van der Waals surface area contributed by atoms with Crippen LogP contribution in [0.2, 0.25) is 5.02 Å². The number of ketones is 1. The highest BCUT2D eigenvalue weighted by atomic mass is 35.5. The molecule has 0 unspecified atom stereocenters. The first-order valence-electron chi connectivity index (χ1n) is 4.82. The first kappa shape index (κ1) is 10.4. The summed E-state index contributed by atoms with van der Waals surface area (Å²) in [6, 6.07) is 4.63. The second-order valence-corrected chi connectivity index (χ2v) is 4.05. The number of halogens is 2. The third-order valence-corrected chi connectivity index (χ3v) is 2.88. The van der Waals surface area contributed by atoms with E-state index in [1.54, 1.807) is 18.2 Å². The van der Waals surface area contributed by atoms with Crippen LogP contribution in [0.25, 0.3) is 0 Å². The molecule has 0 heterocycles. The van der Waals surface area contributed by atoms with E-state index in [1.165, 1.54) is 6.07 Å². The smallest absolute Gasteiger partial charge is 0.155 e. The van der Waals surface area contributed by atoms with Crippen LogP contribution in [-0.4, -0.2) is 5.78 Å². The Morgan fingerprint density at radius 3 is 2.73 bits per heavy atom. The maximum atomic E-state index is 13.4. The fourth-order valence-electron chi connectivity index (χ4n) is 1.72. The molecule has 0 spiro atoms. The molecule has 0 bridgehead atoms. The quantitative estimate of drug-likeness (QED) is 0.753. The van der Waals surface area contributed by atoms with Crippen molar-refractivity contribution in [3.05, 3.63) is 46.3 Å². The summed E-state index contributed by atoms with van der Waals surface area (Å²) in [5, 5.41) is 0.426. The minimum Gasteiger partial charge on any atom is -0.295 e. The zero-order chi connectivity index (χ0) is 10.8. The van der Waals surface area contributed by atoms with E-state index in [9.17, 15) is 9.18 Å². The highest BCUT2D eigenvalue weighted by Crippen LogP contribution is 2.26. The van der Waals surface area contributed by atoms with E-state index in [1.807, 2.05) is 0 Å². The molecule has 0 atom stereocenters. The lowest BCUT2D eigenvalue weighted by atomic mass is 10.0. The molecule has 1 aromatic rings. The van der Waals surface area contributed by atoms with E-state index in [0.29, 0.717) is 23.4 Å². The zero-order valence-electron chi connectivity index (χ0n) is 8.09. The third kappa shape index (κ3) is 2.26. The lowest BCUT2D eigenvalue weighted by Crippen LogP contribution is -1.93. The number of hydrogen-bond acceptors (Lipinski definition) is 1. The molecule has 0 aromatic heterocycles. The summed E-state index contributed by atoms with van der Waals surface area (Å²) in [6.45, 7) is 0. The minimum absolute atomic E-state index is 0.123.